The third-order valence-electron chi connectivity index (χ3n) is 5.55. The molecule has 4 heterocycles. The first-order chi connectivity index (χ1) is 13.6. The summed E-state index contributed by atoms with van der Waals surface area (Å²) in [4.78, 5) is 9.15. The molecular weight excluding hydrogens is 424 g/mol. The van der Waals surface area contributed by atoms with E-state index in [1.807, 2.05) is 44.3 Å². The van der Waals surface area contributed by atoms with Crippen LogP contribution in [-0.4, -0.2) is 32.7 Å². The average molecular weight is 448 g/mol. The van der Waals surface area contributed by atoms with Gasteiger partial charge in [0, 0.05) is 22.6 Å². The molecule has 0 spiro atoms. The summed E-state index contributed by atoms with van der Waals surface area (Å²) in [6, 6.07) is 9.49. The van der Waals surface area contributed by atoms with Crippen LogP contribution >= 0.6 is 24.8 Å². The first-order valence-electron chi connectivity index (χ1n) is 9.73. The van der Waals surface area contributed by atoms with E-state index in [1.54, 1.807) is 10.6 Å². The number of hydrogen-bond acceptors (Lipinski definition) is 4. The van der Waals surface area contributed by atoms with Crippen LogP contribution in [0, 0.1) is 19.7 Å². The van der Waals surface area contributed by atoms with Crippen LogP contribution in [0.1, 0.15) is 35.7 Å². The molecule has 1 fully saturated rings. The fourth-order valence-electron chi connectivity index (χ4n) is 4.09. The number of aryl methyl sites for hydroxylation is 2. The Morgan fingerprint density at radius 3 is 2.57 bits per heavy atom. The van der Waals surface area contributed by atoms with Gasteiger partial charge in [0.2, 0.25) is 0 Å². The SMILES string of the molecule is Cc1cn2nc(-c3cc(F)c4nc(C5CCNCC5)ccc4c3)cc(C)c2n1.Cl.Cl. The molecular formula is C22H24Cl2FN5. The van der Waals surface area contributed by atoms with E-state index in [-0.39, 0.29) is 30.6 Å². The molecule has 5 nitrogen and oxygen atoms in total. The predicted molar refractivity (Wildman–Crippen MR) is 122 cm³/mol. The van der Waals surface area contributed by atoms with E-state index < -0.39 is 0 Å². The van der Waals surface area contributed by atoms with Crippen molar-refractivity contribution in [3.05, 3.63) is 59.3 Å². The molecule has 1 aliphatic heterocycles. The minimum Gasteiger partial charge on any atom is -0.317 e. The van der Waals surface area contributed by atoms with Crippen molar-refractivity contribution in [3.8, 4) is 11.3 Å². The summed E-state index contributed by atoms with van der Waals surface area (Å²) < 4.78 is 16.7. The molecule has 1 saturated heterocycles. The van der Waals surface area contributed by atoms with E-state index in [9.17, 15) is 4.39 Å². The minimum absolute atomic E-state index is 0. The molecule has 0 atom stereocenters. The zero-order valence-electron chi connectivity index (χ0n) is 16.9. The molecule has 5 rings (SSSR count). The fraction of sp³-hybridized carbons (Fsp3) is 0.318. The van der Waals surface area contributed by atoms with Gasteiger partial charge in [-0.15, -0.1) is 24.8 Å². The summed E-state index contributed by atoms with van der Waals surface area (Å²) in [5.74, 6) is 0.102. The highest BCUT2D eigenvalue weighted by Crippen LogP contribution is 2.29. The molecule has 1 aromatic carbocycles. The van der Waals surface area contributed by atoms with Gasteiger partial charge in [-0.1, -0.05) is 6.07 Å². The zero-order valence-corrected chi connectivity index (χ0v) is 18.5. The average Bonchev–Trinajstić information content (AvgIpc) is 3.09. The molecule has 158 valence electrons. The van der Waals surface area contributed by atoms with E-state index >= 15 is 0 Å². The monoisotopic (exact) mass is 447 g/mol. The Morgan fingerprint density at radius 2 is 1.80 bits per heavy atom. The zero-order chi connectivity index (χ0) is 19.3. The Hall–Kier alpha value is -2.28. The van der Waals surface area contributed by atoms with Crippen molar-refractivity contribution in [3.63, 3.8) is 0 Å². The number of pyridine rings is 1. The molecule has 3 aromatic heterocycles. The van der Waals surface area contributed by atoms with Gasteiger partial charge in [0.05, 0.1) is 17.6 Å². The first kappa shape index (κ1) is 22.4. The second-order valence-electron chi connectivity index (χ2n) is 7.65. The standard InChI is InChI=1S/C22H22FN5.2ClH/c1-13-9-20(27-28-12-14(2)25-22(13)28)17-10-16-3-4-19(15-5-7-24-8-6-15)26-21(16)18(23)11-17;;/h3-4,9-12,15,24H,5-8H2,1-2H3;2*1H. The maximum atomic E-state index is 15.0. The van der Waals surface area contributed by atoms with Crippen molar-refractivity contribution in [2.45, 2.75) is 32.6 Å². The topological polar surface area (TPSA) is 55.1 Å². The van der Waals surface area contributed by atoms with Crippen LogP contribution in [0.25, 0.3) is 27.8 Å². The van der Waals surface area contributed by atoms with Gasteiger partial charge >= 0.3 is 0 Å². The number of nitrogens with one attached hydrogen (secondary N) is 1. The van der Waals surface area contributed by atoms with Crippen LogP contribution < -0.4 is 5.32 Å². The summed E-state index contributed by atoms with van der Waals surface area (Å²) >= 11 is 0. The van der Waals surface area contributed by atoms with Crippen LogP contribution in [0.3, 0.4) is 0 Å². The number of aromatic nitrogens is 4. The molecule has 1 N–H and O–H groups in total. The molecule has 30 heavy (non-hydrogen) atoms. The largest absolute Gasteiger partial charge is 0.317 e. The van der Waals surface area contributed by atoms with Crippen molar-refractivity contribution >= 4 is 41.4 Å². The molecule has 1 aliphatic rings. The van der Waals surface area contributed by atoms with Crippen LogP contribution in [0.5, 0.6) is 0 Å². The number of halogens is 3. The van der Waals surface area contributed by atoms with E-state index in [2.05, 4.69) is 20.4 Å². The number of fused-ring (bicyclic) bond motifs is 2. The van der Waals surface area contributed by atoms with Crippen molar-refractivity contribution in [2.24, 2.45) is 0 Å². The van der Waals surface area contributed by atoms with Gasteiger partial charge in [-0.3, -0.25) is 0 Å². The first-order valence-corrected chi connectivity index (χ1v) is 9.73. The Kier molecular flexibility index (Phi) is 6.60. The smallest absolute Gasteiger partial charge is 0.156 e. The summed E-state index contributed by atoms with van der Waals surface area (Å²) in [5, 5.41) is 8.79. The van der Waals surface area contributed by atoms with Crippen LogP contribution in [0.15, 0.2) is 36.5 Å². The van der Waals surface area contributed by atoms with E-state index in [0.29, 0.717) is 11.4 Å². The lowest BCUT2D eigenvalue weighted by Crippen LogP contribution is -2.27. The molecule has 8 heteroatoms. The Balaban J connectivity index is 0.00000128. The summed E-state index contributed by atoms with van der Waals surface area (Å²) in [7, 11) is 0. The molecule has 0 amide bonds. The summed E-state index contributed by atoms with van der Waals surface area (Å²) in [5.41, 5.74) is 5.66. The third kappa shape index (κ3) is 4.00. The maximum absolute atomic E-state index is 15.0. The fourth-order valence-corrected chi connectivity index (χ4v) is 4.09. The van der Waals surface area contributed by atoms with Crippen LogP contribution in [0.4, 0.5) is 4.39 Å². The third-order valence-corrected chi connectivity index (χ3v) is 5.55. The lowest BCUT2D eigenvalue weighted by atomic mass is 9.93. The number of benzene rings is 1. The molecule has 0 radical (unpaired) electrons. The highest BCUT2D eigenvalue weighted by atomic mass is 35.5. The van der Waals surface area contributed by atoms with Crippen LogP contribution in [0.2, 0.25) is 0 Å². The molecule has 0 aliphatic carbocycles. The second kappa shape index (κ2) is 8.84. The Morgan fingerprint density at radius 1 is 1.03 bits per heavy atom. The lowest BCUT2D eigenvalue weighted by Gasteiger charge is -2.22. The molecule has 0 bridgehead atoms. The van der Waals surface area contributed by atoms with E-state index in [0.717, 1.165) is 65.2 Å². The second-order valence-corrected chi connectivity index (χ2v) is 7.65. The molecule has 0 unspecified atom stereocenters. The summed E-state index contributed by atoms with van der Waals surface area (Å²) in [6.07, 6.45) is 3.98. The normalized spacial score (nSPS) is 14.5. The highest BCUT2D eigenvalue weighted by molar-refractivity contribution is 5.86. The van der Waals surface area contributed by atoms with Crippen LogP contribution in [-0.2, 0) is 0 Å². The van der Waals surface area contributed by atoms with Gasteiger partial charge in [-0.05, 0) is 69.6 Å². The quantitative estimate of drug-likeness (QED) is 0.469. The molecule has 0 saturated carbocycles. The number of rotatable bonds is 2. The van der Waals surface area contributed by atoms with Crippen molar-refractivity contribution in [2.75, 3.05) is 13.1 Å². The van der Waals surface area contributed by atoms with Gasteiger partial charge in [-0.25, -0.2) is 18.9 Å². The van der Waals surface area contributed by atoms with Gasteiger partial charge in [-0.2, -0.15) is 5.10 Å². The number of hydrogen-bond donors (Lipinski definition) is 1. The Bertz CT molecular complexity index is 1200. The number of nitrogens with zero attached hydrogens (tertiary/aromatic N) is 4. The van der Waals surface area contributed by atoms with Gasteiger partial charge in [0.15, 0.2) is 5.65 Å². The van der Waals surface area contributed by atoms with Crippen molar-refractivity contribution < 1.29 is 4.39 Å². The molecule has 4 aromatic rings. The minimum atomic E-state index is -0.301. The summed E-state index contributed by atoms with van der Waals surface area (Å²) in [6.45, 7) is 5.92. The van der Waals surface area contributed by atoms with Crippen molar-refractivity contribution in [1.82, 2.24) is 24.9 Å². The van der Waals surface area contributed by atoms with E-state index in [4.69, 9.17) is 0 Å². The number of imidazole rings is 1. The number of piperidine rings is 1. The lowest BCUT2D eigenvalue weighted by molar-refractivity contribution is 0.454. The van der Waals surface area contributed by atoms with Crippen molar-refractivity contribution in [1.29, 1.82) is 0 Å². The maximum Gasteiger partial charge on any atom is 0.156 e. The predicted octanol–water partition coefficient (Wildman–Crippen LogP) is 5.01. The van der Waals surface area contributed by atoms with E-state index in [1.165, 1.54) is 0 Å². The van der Waals surface area contributed by atoms with Gasteiger partial charge < -0.3 is 5.32 Å². The highest BCUT2D eigenvalue weighted by Gasteiger charge is 2.18. The van der Waals surface area contributed by atoms with Gasteiger partial charge in [0.25, 0.3) is 0 Å². The van der Waals surface area contributed by atoms with Gasteiger partial charge in [0.1, 0.15) is 11.3 Å². The Labute approximate surface area is 186 Å².